The van der Waals surface area contributed by atoms with Gasteiger partial charge in [-0.1, -0.05) is 30.3 Å². The van der Waals surface area contributed by atoms with Gasteiger partial charge in [0.05, 0.1) is 26.3 Å². The Morgan fingerprint density at radius 2 is 1.41 bits per heavy atom. The predicted molar refractivity (Wildman–Crippen MR) is 118 cm³/mol. The molecule has 2 amide bonds. The van der Waals surface area contributed by atoms with E-state index >= 15 is 0 Å². The Morgan fingerprint density at radius 3 is 2.00 bits per heavy atom. The second-order valence-electron chi connectivity index (χ2n) is 7.12. The number of nitrogens with one attached hydrogen (secondary N) is 1. The molecule has 0 aliphatic carbocycles. The van der Waals surface area contributed by atoms with Crippen LogP contribution in [0.3, 0.4) is 0 Å². The molecule has 0 spiro atoms. The fraction of sp³-hybridized carbons (Fsp3) is 0.120. The summed E-state index contributed by atoms with van der Waals surface area (Å²) < 4.78 is 24.6. The fourth-order valence-corrected chi connectivity index (χ4v) is 3.48. The highest BCUT2D eigenvalue weighted by atomic mass is 19.1. The van der Waals surface area contributed by atoms with Crippen LogP contribution >= 0.6 is 0 Å². The molecule has 32 heavy (non-hydrogen) atoms. The number of methoxy groups -OCH3 is 2. The summed E-state index contributed by atoms with van der Waals surface area (Å²) in [4.78, 5) is 27.6. The van der Waals surface area contributed by atoms with Crippen LogP contribution < -0.4 is 14.8 Å². The van der Waals surface area contributed by atoms with Crippen molar-refractivity contribution >= 4 is 23.1 Å². The number of hydrogen-bond acceptors (Lipinski definition) is 5. The number of carbonyl (C=O) groups is 2. The van der Waals surface area contributed by atoms with Gasteiger partial charge in [0.25, 0.3) is 11.8 Å². The van der Waals surface area contributed by atoms with E-state index in [0.717, 1.165) is 4.90 Å². The van der Waals surface area contributed by atoms with Gasteiger partial charge in [-0.3, -0.25) is 14.5 Å². The minimum atomic E-state index is -0.528. The van der Waals surface area contributed by atoms with Crippen molar-refractivity contribution in [3.63, 3.8) is 0 Å². The van der Waals surface area contributed by atoms with Crippen molar-refractivity contribution in [2.45, 2.75) is 6.54 Å². The van der Waals surface area contributed by atoms with Gasteiger partial charge < -0.3 is 14.8 Å². The Bertz CT molecular complexity index is 1190. The maximum atomic E-state index is 14.2. The second kappa shape index (κ2) is 8.93. The molecule has 7 heteroatoms. The predicted octanol–water partition coefficient (Wildman–Crippen LogP) is 4.24. The molecule has 6 nitrogen and oxygen atoms in total. The Morgan fingerprint density at radius 1 is 0.812 bits per heavy atom. The lowest BCUT2D eigenvalue weighted by Crippen LogP contribution is -2.32. The summed E-state index contributed by atoms with van der Waals surface area (Å²) >= 11 is 0. The zero-order valence-corrected chi connectivity index (χ0v) is 17.6. The van der Waals surface area contributed by atoms with Gasteiger partial charge in [-0.2, -0.15) is 0 Å². The standard InChI is InChI=1S/C25H21FN2O4/c1-31-19-11-7-16(8-12-19)22-23(27-18-9-13-20(32-2)14-10-18)25(30)28(24(22)29)15-17-5-3-4-6-21(17)26/h3-14,27H,15H2,1-2H3. The van der Waals surface area contributed by atoms with Crippen LogP contribution in [0.25, 0.3) is 5.57 Å². The molecule has 0 aromatic heterocycles. The lowest BCUT2D eigenvalue weighted by atomic mass is 10.0. The smallest absolute Gasteiger partial charge is 0.278 e. The van der Waals surface area contributed by atoms with Gasteiger partial charge >= 0.3 is 0 Å². The van der Waals surface area contributed by atoms with Crippen LogP contribution in [0.5, 0.6) is 11.5 Å². The summed E-state index contributed by atoms with van der Waals surface area (Å²) in [5, 5.41) is 3.07. The zero-order valence-electron chi connectivity index (χ0n) is 17.6. The largest absolute Gasteiger partial charge is 0.497 e. The number of hydrogen-bond donors (Lipinski definition) is 1. The number of amides is 2. The average molecular weight is 432 g/mol. The molecule has 1 aliphatic heterocycles. The maximum Gasteiger partial charge on any atom is 0.278 e. The number of benzene rings is 3. The highest BCUT2D eigenvalue weighted by Gasteiger charge is 2.39. The van der Waals surface area contributed by atoms with Crippen molar-refractivity contribution in [3.05, 3.63) is 95.4 Å². The molecule has 162 valence electrons. The molecule has 0 bridgehead atoms. The fourth-order valence-electron chi connectivity index (χ4n) is 3.48. The van der Waals surface area contributed by atoms with Crippen LogP contribution in [0.4, 0.5) is 10.1 Å². The van der Waals surface area contributed by atoms with Crippen LogP contribution in [-0.2, 0) is 16.1 Å². The van der Waals surface area contributed by atoms with Gasteiger partial charge in [-0.15, -0.1) is 0 Å². The number of ether oxygens (including phenoxy) is 2. The van der Waals surface area contributed by atoms with Crippen LogP contribution in [0, 0.1) is 5.82 Å². The van der Waals surface area contributed by atoms with Crippen molar-refractivity contribution in [2.24, 2.45) is 0 Å². The molecule has 1 heterocycles. The lowest BCUT2D eigenvalue weighted by Gasteiger charge is -2.16. The maximum absolute atomic E-state index is 14.2. The first-order valence-corrected chi connectivity index (χ1v) is 9.91. The van der Waals surface area contributed by atoms with Crippen molar-refractivity contribution < 1.29 is 23.5 Å². The lowest BCUT2D eigenvalue weighted by molar-refractivity contribution is -0.137. The molecular formula is C25H21FN2O4. The Labute approximate surface area is 184 Å². The van der Waals surface area contributed by atoms with E-state index in [2.05, 4.69) is 5.32 Å². The molecule has 4 rings (SSSR count). The minimum Gasteiger partial charge on any atom is -0.497 e. The molecule has 0 atom stereocenters. The van der Waals surface area contributed by atoms with Crippen molar-refractivity contribution in [3.8, 4) is 11.5 Å². The van der Waals surface area contributed by atoms with E-state index in [1.54, 1.807) is 80.9 Å². The van der Waals surface area contributed by atoms with E-state index < -0.39 is 17.6 Å². The zero-order chi connectivity index (χ0) is 22.7. The van der Waals surface area contributed by atoms with E-state index in [-0.39, 0.29) is 23.4 Å². The second-order valence-corrected chi connectivity index (χ2v) is 7.12. The molecule has 0 radical (unpaired) electrons. The summed E-state index contributed by atoms with van der Waals surface area (Å²) in [7, 11) is 3.11. The molecule has 0 unspecified atom stereocenters. The highest BCUT2D eigenvalue weighted by Crippen LogP contribution is 2.33. The monoisotopic (exact) mass is 432 g/mol. The number of anilines is 1. The Balaban J connectivity index is 1.73. The summed E-state index contributed by atoms with van der Waals surface area (Å²) in [5.74, 6) is -0.219. The van der Waals surface area contributed by atoms with E-state index in [1.807, 2.05) is 0 Å². The van der Waals surface area contributed by atoms with E-state index in [9.17, 15) is 14.0 Å². The minimum absolute atomic E-state index is 0.127. The van der Waals surface area contributed by atoms with Crippen LogP contribution in [0.15, 0.2) is 78.5 Å². The topological polar surface area (TPSA) is 67.9 Å². The number of imide groups is 1. The summed E-state index contributed by atoms with van der Waals surface area (Å²) in [5.41, 5.74) is 1.76. The molecule has 0 saturated carbocycles. The SMILES string of the molecule is COc1ccc(NC2=C(c3ccc(OC)cc3)C(=O)N(Cc3ccccc3F)C2=O)cc1. The number of rotatable bonds is 7. The molecule has 0 fully saturated rings. The third-order valence-electron chi connectivity index (χ3n) is 5.19. The average Bonchev–Trinajstić information content (AvgIpc) is 3.05. The van der Waals surface area contributed by atoms with Crippen molar-refractivity contribution in [1.82, 2.24) is 4.90 Å². The summed E-state index contributed by atoms with van der Waals surface area (Å²) in [6.45, 7) is -0.169. The first kappa shape index (κ1) is 21.1. The van der Waals surface area contributed by atoms with Crippen molar-refractivity contribution in [1.29, 1.82) is 0 Å². The molecule has 3 aromatic carbocycles. The third-order valence-corrected chi connectivity index (χ3v) is 5.19. The Kier molecular flexibility index (Phi) is 5.89. The molecule has 0 saturated heterocycles. The summed E-state index contributed by atoms with van der Waals surface area (Å²) in [6.07, 6.45) is 0. The quantitative estimate of drug-likeness (QED) is 0.566. The van der Waals surface area contributed by atoms with Gasteiger partial charge in [-0.05, 0) is 48.0 Å². The van der Waals surface area contributed by atoms with Gasteiger partial charge in [0.1, 0.15) is 23.0 Å². The first-order chi connectivity index (χ1) is 15.5. The van der Waals surface area contributed by atoms with Gasteiger partial charge in [0.15, 0.2) is 0 Å². The number of nitrogens with zero attached hydrogens (tertiary/aromatic N) is 1. The third kappa shape index (κ3) is 4.05. The van der Waals surface area contributed by atoms with Crippen LogP contribution in [0.1, 0.15) is 11.1 Å². The molecular weight excluding hydrogens is 411 g/mol. The summed E-state index contributed by atoms with van der Waals surface area (Å²) in [6, 6.07) is 19.9. The Hall–Kier alpha value is -4.13. The van der Waals surface area contributed by atoms with E-state index in [4.69, 9.17) is 9.47 Å². The highest BCUT2D eigenvalue weighted by molar-refractivity contribution is 6.36. The van der Waals surface area contributed by atoms with E-state index in [1.165, 1.54) is 6.07 Å². The molecule has 1 aliphatic rings. The molecule has 3 aromatic rings. The van der Waals surface area contributed by atoms with Gasteiger partial charge in [-0.25, -0.2) is 4.39 Å². The number of halogens is 1. The number of carbonyl (C=O) groups excluding carboxylic acids is 2. The first-order valence-electron chi connectivity index (χ1n) is 9.91. The van der Waals surface area contributed by atoms with Crippen molar-refractivity contribution in [2.75, 3.05) is 19.5 Å². The van der Waals surface area contributed by atoms with Gasteiger partial charge in [0, 0.05) is 11.3 Å². The van der Waals surface area contributed by atoms with Crippen LogP contribution in [-0.4, -0.2) is 30.9 Å². The van der Waals surface area contributed by atoms with Gasteiger partial charge in [0.2, 0.25) is 0 Å². The normalized spacial score (nSPS) is 13.5. The molecule has 1 N–H and O–H groups in total. The van der Waals surface area contributed by atoms with E-state index in [0.29, 0.717) is 22.7 Å². The van der Waals surface area contributed by atoms with Crippen LogP contribution in [0.2, 0.25) is 0 Å².